The number of barbiturate groups is 1. The van der Waals surface area contributed by atoms with Crippen LogP contribution in [0.4, 0.5) is 10.5 Å². The summed E-state index contributed by atoms with van der Waals surface area (Å²) in [7, 11) is 0. The highest BCUT2D eigenvalue weighted by Gasteiger charge is 2.37. The van der Waals surface area contributed by atoms with Crippen molar-refractivity contribution in [1.82, 2.24) is 5.32 Å². The lowest BCUT2D eigenvalue weighted by atomic mass is 10.1. The summed E-state index contributed by atoms with van der Waals surface area (Å²) >= 11 is 9.22. The summed E-state index contributed by atoms with van der Waals surface area (Å²) in [5, 5.41) is 2.58. The second-order valence-corrected chi connectivity index (χ2v) is 8.22. The minimum Gasteiger partial charge on any atom is -0.422 e. The third kappa shape index (κ3) is 4.87. The van der Waals surface area contributed by atoms with E-state index in [9.17, 15) is 19.2 Å². The van der Waals surface area contributed by atoms with Crippen LogP contribution in [0.1, 0.15) is 15.9 Å². The number of urea groups is 1. The highest BCUT2D eigenvalue weighted by molar-refractivity contribution is 9.10. The monoisotopic (exact) mass is 524 g/mol. The third-order valence-corrected chi connectivity index (χ3v) is 5.42. The number of hydrogen-bond acceptors (Lipinski definition) is 5. The van der Waals surface area contributed by atoms with E-state index in [-0.39, 0.29) is 22.6 Å². The number of carbonyl (C=O) groups is 4. The van der Waals surface area contributed by atoms with Crippen molar-refractivity contribution in [2.75, 3.05) is 4.90 Å². The van der Waals surface area contributed by atoms with Crippen molar-refractivity contribution in [3.05, 3.63) is 99.0 Å². The zero-order valence-corrected chi connectivity index (χ0v) is 19.1. The number of rotatable bonds is 4. The summed E-state index contributed by atoms with van der Waals surface area (Å²) < 4.78 is 6.13. The lowest BCUT2D eigenvalue weighted by Gasteiger charge is -2.26. The molecule has 0 spiro atoms. The van der Waals surface area contributed by atoms with E-state index in [0.29, 0.717) is 15.1 Å². The van der Waals surface area contributed by atoms with Gasteiger partial charge in [-0.3, -0.25) is 14.9 Å². The second kappa shape index (κ2) is 9.40. The van der Waals surface area contributed by atoms with Gasteiger partial charge in [0.1, 0.15) is 11.3 Å². The Morgan fingerprint density at radius 2 is 1.67 bits per heavy atom. The minimum atomic E-state index is -0.880. The van der Waals surface area contributed by atoms with Crippen molar-refractivity contribution in [3.63, 3.8) is 0 Å². The van der Waals surface area contributed by atoms with Gasteiger partial charge in [-0.2, -0.15) is 0 Å². The van der Waals surface area contributed by atoms with E-state index in [4.69, 9.17) is 16.3 Å². The fourth-order valence-electron chi connectivity index (χ4n) is 3.10. The van der Waals surface area contributed by atoms with Crippen LogP contribution in [0.5, 0.6) is 5.75 Å². The standard InChI is InChI=1S/C24H14BrClN2O5/c25-16-6-11-20(33-23(31)14-4-2-1-3-5-14)15(12-16)13-19-21(29)27-24(32)28(22(19)30)18-9-7-17(26)8-10-18/h1-13H,(H,27,29,32)/b19-13-. The molecule has 1 N–H and O–H groups in total. The van der Waals surface area contributed by atoms with Crippen LogP contribution in [0.2, 0.25) is 5.02 Å². The Morgan fingerprint density at radius 1 is 0.970 bits per heavy atom. The normalized spacial score (nSPS) is 14.9. The van der Waals surface area contributed by atoms with Crippen LogP contribution in [0.3, 0.4) is 0 Å². The molecule has 164 valence electrons. The molecule has 0 bridgehead atoms. The molecule has 7 nitrogen and oxygen atoms in total. The molecule has 0 saturated carbocycles. The maximum atomic E-state index is 13.1. The summed E-state index contributed by atoms with van der Waals surface area (Å²) in [6.07, 6.45) is 1.27. The van der Waals surface area contributed by atoms with E-state index in [1.807, 2.05) is 0 Å². The number of hydrogen-bond donors (Lipinski definition) is 1. The fourth-order valence-corrected chi connectivity index (χ4v) is 3.60. The smallest absolute Gasteiger partial charge is 0.343 e. The number of esters is 1. The first kappa shape index (κ1) is 22.4. The Bertz CT molecular complexity index is 1310. The molecule has 0 atom stereocenters. The van der Waals surface area contributed by atoms with Crippen LogP contribution < -0.4 is 15.0 Å². The molecule has 1 saturated heterocycles. The number of amides is 4. The van der Waals surface area contributed by atoms with Crippen LogP contribution in [-0.2, 0) is 9.59 Å². The first-order valence-electron chi connectivity index (χ1n) is 9.57. The van der Waals surface area contributed by atoms with Crippen LogP contribution in [0.25, 0.3) is 6.08 Å². The average Bonchev–Trinajstić information content (AvgIpc) is 2.80. The van der Waals surface area contributed by atoms with Crippen LogP contribution in [-0.4, -0.2) is 23.8 Å². The molecule has 33 heavy (non-hydrogen) atoms. The number of halogens is 2. The van der Waals surface area contributed by atoms with E-state index in [1.54, 1.807) is 42.5 Å². The highest BCUT2D eigenvalue weighted by Crippen LogP contribution is 2.29. The quantitative estimate of drug-likeness (QED) is 0.224. The molecule has 0 aliphatic carbocycles. The predicted octanol–water partition coefficient (Wildman–Crippen LogP) is 4.99. The molecule has 0 aromatic heterocycles. The van der Waals surface area contributed by atoms with E-state index >= 15 is 0 Å². The van der Waals surface area contributed by atoms with Crippen molar-refractivity contribution >= 4 is 63.1 Å². The molecule has 9 heteroatoms. The maximum Gasteiger partial charge on any atom is 0.343 e. The number of nitrogens with zero attached hydrogens (tertiary/aromatic N) is 1. The molecule has 4 rings (SSSR count). The van der Waals surface area contributed by atoms with Gasteiger partial charge in [0.15, 0.2) is 0 Å². The summed E-state index contributed by atoms with van der Waals surface area (Å²) in [5.74, 6) is -2.16. The zero-order valence-electron chi connectivity index (χ0n) is 16.7. The first-order chi connectivity index (χ1) is 15.8. The van der Waals surface area contributed by atoms with Gasteiger partial charge in [0.25, 0.3) is 11.8 Å². The van der Waals surface area contributed by atoms with Gasteiger partial charge in [0.2, 0.25) is 0 Å². The molecule has 1 heterocycles. The fraction of sp³-hybridized carbons (Fsp3) is 0. The molecular formula is C24H14BrClN2O5. The van der Waals surface area contributed by atoms with Gasteiger partial charge in [-0.25, -0.2) is 14.5 Å². The maximum absolute atomic E-state index is 13.1. The Hall–Kier alpha value is -3.75. The van der Waals surface area contributed by atoms with Crippen LogP contribution >= 0.6 is 27.5 Å². The van der Waals surface area contributed by atoms with E-state index in [0.717, 1.165) is 4.90 Å². The van der Waals surface area contributed by atoms with Gasteiger partial charge in [0, 0.05) is 15.1 Å². The molecular weight excluding hydrogens is 512 g/mol. The number of imide groups is 2. The summed E-state index contributed by atoms with van der Waals surface area (Å²) in [6, 6.07) is 18.3. The van der Waals surface area contributed by atoms with Gasteiger partial charge in [0.05, 0.1) is 11.3 Å². The Labute approximate surface area is 201 Å². The topological polar surface area (TPSA) is 92.8 Å². The lowest BCUT2D eigenvalue weighted by molar-refractivity contribution is -0.122. The number of ether oxygens (including phenoxy) is 1. The molecule has 0 unspecified atom stereocenters. The minimum absolute atomic E-state index is 0.134. The van der Waals surface area contributed by atoms with Crippen molar-refractivity contribution < 1.29 is 23.9 Å². The second-order valence-electron chi connectivity index (χ2n) is 6.87. The van der Waals surface area contributed by atoms with Crippen molar-refractivity contribution in [2.24, 2.45) is 0 Å². The highest BCUT2D eigenvalue weighted by atomic mass is 79.9. The molecule has 4 amide bonds. The lowest BCUT2D eigenvalue weighted by Crippen LogP contribution is -2.54. The van der Waals surface area contributed by atoms with Gasteiger partial charge in [-0.1, -0.05) is 45.7 Å². The van der Waals surface area contributed by atoms with Gasteiger partial charge < -0.3 is 4.74 Å². The molecule has 0 radical (unpaired) electrons. The van der Waals surface area contributed by atoms with Gasteiger partial charge in [-0.15, -0.1) is 0 Å². The number of anilines is 1. The Morgan fingerprint density at radius 3 is 2.36 bits per heavy atom. The van der Waals surface area contributed by atoms with Crippen molar-refractivity contribution in [2.45, 2.75) is 0 Å². The van der Waals surface area contributed by atoms with E-state index in [1.165, 1.54) is 36.4 Å². The molecule has 1 fully saturated rings. The van der Waals surface area contributed by atoms with Gasteiger partial charge >= 0.3 is 12.0 Å². The largest absolute Gasteiger partial charge is 0.422 e. The van der Waals surface area contributed by atoms with Crippen LogP contribution in [0, 0.1) is 0 Å². The zero-order chi connectivity index (χ0) is 23.5. The van der Waals surface area contributed by atoms with Crippen molar-refractivity contribution in [1.29, 1.82) is 0 Å². The number of benzene rings is 3. The average molecular weight is 526 g/mol. The molecule has 3 aromatic rings. The SMILES string of the molecule is O=C1NC(=O)N(c2ccc(Cl)cc2)C(=O)/C1=C\c1cc(Br)ccc1OC(=O)c1ccccc1. The molecule has 3 aromatic carbocycles. The predicted molar refractivity (Wildman–Crippen MR) is 126 cm³/mol. The summed E-state index contributed by atoms with van der Waals surface area (Å²) in [6.45, 7) is 0. The summed E-state index contributed by atoms with van der Waals surface area (Å²) in [5.41, 5.74) is 0.563. The third-order valence-electron chi connectivity index (χ3n) is 4.67. The molecule has 1 aliphatic rings. The first-order valence-corrected chi connectivity index (χ1v) is 10.7. The number of nitrogens with one attached hydrogen (secondary N) is 1. The van der Waals surface area contributed by atoms with Gasteiger partial charge in [-0.05, 0) is 60.7 Å². The van der Waals surface area contributed by atoms with E-state index < -0.39 is 23.8 Å². The summed E-state index contributed by atoms with van der Waals surface area (Å²) in [4.78, 5) is 51.3. The Balaban J connectivity index is 1.71. The molecule has 1 aliphatic heterocycles. The van der Waals surface area contributed by atoms with Crippen molar-refractivity contribution in [3.8, 4) is 5.75 Å². The number of carbonyl (C=O) groups excluding carboxylic acids is 4. The Kier molecular flexibility index (Phi) is 6.39. The van der Waals surface area contributed by atoms with Crippen LogP contribution in [0.15, 0.2) is 82.8 Å². The van der Waals surface area contributed by atoms with E-state index in [2.05, 4.69) is 21.2 Å².